The molecule has 0 atom stereocenters. The van der Waals surface area contributed by atoms with E-state index < -0.39 is 11.8 Å². The molecule has 0 aliphatic heterocycles. The van der Waals surface area contributed by atoms with Crippen LogP contribution in [0.2, 0.25) is 0 Å². The van der Waals surface area contributed by atoms with Gasteiger partial charge in [-0.05, 0) is 27.7 Å². The van der Waals surface area contributed by atoms with Crippen molar-refractivity contribution in [1.82, 2.24) is 5.32 Å². The van der Waals surface area contributed by atoms with Crippen LogP contribution in [0.3, 0.4) is 0 Å². The highest BCUT2D eigenvalue weighted by Crippen LogP contribution is 2.05. The summed E-state index contributed by atoms with van der Waals surface area (Å²) in [6.07, 6.45) is 2.83. The van der Waals surface area contributed by atoms with Crippen LogP contribution in [0.15, 0.2) is 24.3 Å². The number of amides is 2. The van der Waals surface area contributed by atoms with Gasteiger partial charge in [-0.1, -0.05) is 12.7 Å². The van der Waals surface area contributed by atoms with Crippen LogP contribution >= 0.6 is 0 Å². The number of hydrogen-bond acceptors (Lipinski definition) is 3. The molecule has 0 aromatic heterocycles. The lowest BCUT2D eigenvalue weighted by Gasteiger charge is -2.17. The van der Waals surface area contributed by atoms with Crippen molar-refractivity contribution in [3.63, 3.8) is 0 Å². The number of nitrogens with one attached hydrogen (secondary N) is 1. The maximum absolute atomic E-state index is 11.2. The summed E-state index contributed by atoms with van der Waals surface area (Å²) in [5.74, 6) is -0.933. The third-order valence-corrected chi connectivity index (χ3v) is 1.51. The highest BCUT2D eigenvalue weighted by atomic mass is 16.5. The second-order valence-electron chi connectivity index (χ2n) is 4.42. The van der Waals surface area contributed by atoms with Crippen molar-refractivity contribution in [2.24, 2.45) is 0 Å². The van der Waals surface area contributed by atoms with E-state index in [0.717, 1.165) is 0 Å². The third-order valence-electron chi connectivity index (χ3n) is 1.51. The minimum Gasteiger partial charge on any atom is -0.372 e. The zero-order chi connectivity index (χ0) is 12.8. The van der Waals surface area contributed by atoms with Gasteiger partial charge in [0.2, 0.25) is 0 Å². The van der Waals surface area contributed by atoms with Gasteiger partial charge in [0.1, 0.15) is 0 Å². The van der Waals surface area contributed by atoms with Crippen molar-refractivity contribution < 1.29 is 14.3 Å². The van der Waals surface area contributed by atoms with E-state index in [4.69, 9.17) is 4.74 Å². The van der Waals surface area contributed by atoms with Crippen LogP contribution in [0.5, 0.6) is 0 Å². The highest BCUT2D eigenvalue weighted by Gasteiger charge is 2.08. The van der Waals surface area contributed by atoms with Gasteiger partial charge in [-0.25, -0.2) is 0 Å². The van der Waals surface area contributed by atoms with Gasteiger partial charge in [-0.3, -0.25) is 14.9 Å². The lowest BCUT2D eigenvalue weighted by molar-refractivity contribution is -0.125. The van der Waals surface area contributed by atoms with Gasteiger partial charge in [0.25, 0.3) is 11.8 Å². The Morgan fingerprint density at radius 1 is 1.38 bits per heavy atom. The van der Waals surface area contributed by atoms with Crippen molar-refractivity contribution in [1.29, 1.82) is 0 Å². The molecule has 0 saturated carbocycles. The predicted octanol–water partition coefficient (Wildman–Crippen LogP) is 1.58. The van der Waals surface area contributed by atoms with E-state index in [1.165, 1.54) is 13.0 Å². The van der Waals surface area contributed by atoms with Gasteiger partial charge in [0, 0.05) is 11.6 Å². The Kier molecular flexibility index (Phi) is 5.67. The number of imide groups is 1. The molecular weight excluding hydrogens is 206 g/mol. The summed E-state index contributed by atoms with van der Waals surface area (Å²) in [5, 5.41) is 2.16. The number of carbonyl (C=O) groups excluding carboxylic acids is 2. The summed E-state index contributed by atoms with van der Waals surface area (Å²) in [6, 6.07) is 0. The molecule has 4 nitrogen and oxygen atoms in total. The van der Waals surface area contributed by atoms with E-state index in [9.17, 15) is 9.59 Å². The highest BCUT2D eigenvalue weighted by molar-refractivity contribution is 6.07. The Morgan fingerprint density at radius 2 is 1.94 bits per heavy atom. The SMILES string of the molecule is C=C(C)C(=O)NC(=O)C=CCOC(C)(C)C. The predicted molar refractivity (Wildman–Crippen MR) is 62.8 cm³/mol. The number of ether oxygens (including phenoxy) is 1. The summed E-state index contributed by atoms with van der Waals surface area (Å²) >= 11 is 0. The van der Waals surface area contributed by atoms with Crippen LogP contribution in [-0.4, -0.2) is 24.0 Å². The molecule has 0 unspecified atom stereocenters. The van der Waals surface area contributed by atoms with Crippen LogP contribution in [-0.2, 0) is 14.3 Å². The average Bonchev–Trinajstić information content (AvgIpc) is 2.10. The fourth-order valence-corrected chi connectivity index (χ4v) is 0.714. The molecule has 16 heavy (non-hydrogen) atoms. The first-order chi connectivity index (χ1) is 7.22. The molecular formula is C12H19NO3. The molecule has 1 N–H and O–H groups in total. The van der Waals surface area contributed by atoms with Gasteiger partial charge in [0.05, 0.1) is 12.2 Å². The van der Waals surface area contributed by atoms with Gasteiger partial charge < -0.3 is 4.74 Å². The Hall–Kier alpha value is -1.42. The van der Waals surface area contributed by atoms with Crippen molar-refractivity contribution in [3.8, 4) is 0 Å². The number of hydrogen-bond donors (Lipinski definition) is 1. The minimum absolute atomic E-state index is 0.242. The van der Waals surface area contributed by atoms with Crippen molar-refractivity contribution in [3.05, 3.63) is 24.3 Å². The molecule has 0 aliphatic rings. The van der Waals surface area contributed by atoms with E-state index in [1.807, 2.05) is 20.8 Å². The van der Waals surface area contributed by atoms with Gasteiger partial charge in [-0.2, -0.15) is 0 Å². The fraction of sp³-hybridized carbons (Fsp3) is 0.500. The molecule has 0 saturated heterocycles. The summed E-state index contributed by atoms with van der Waals surface area (Å²) in [7, 11) is 0. The molecule has 0 fully saturated rings. The molecule has 90 valence electrons. The van der Waals surface area contributed by atoms with Gasteiger partial charge >= 0.3 is 0 Å². The van der Waals surface area contributed by atoms with Gasteiger partial charge in [0.15, 0.2) is 0 Å². The quantitative estimate of drug-likeness (QED) is 0.739. The maximum atomic E-state index is 11.2. The molecule has 2 amide bonds. The number of carbonyl (C=O) groups is 2. The molecule has 4 heteroatoms. The number of rotatable bonds is 4. The Labute approximate surface area is 96.4 Å². The molecule has 0 spiro atoms. The maximum Gasteiger partial charge on any atom is 0.253 e. The molecule has 0 rings (SSSR count). The summed E-state index contributed by atoms with van der Waals surface area (Å²) in [5.41, 5.74) is 0.0571. The molecule has 0 radical (unpaired) electrons. The zero-order valence-electron chi connectivity index (χ0n) is 10.3. The fourth-order valence-electron chi connectivity index (χ4n) is 0.714. The standard InChI is InChI=1S/C12H19NO3/c1-9(2)11(15)13-10(14)7-6-8-16-12(3,4)5/h6-7H,1,8H2,2-5H3,(H,13,14,15). The van der Waals surface area contributed by atoms with E-state index in [2.05, 4.69) is 11.9 Å². The van der Waals surface area contributed by atoms with Crippen molar-refractivity contribution in [2.75, 3.05) is 6.61 Å². The molecule has 0 heterocycles. The first-order valence-electron chi connectivity index (χ1n) is 5.03. The molecule has 0 aliphatic carbocycles. The van der Waals surface area contributed by atoms with Crippen LogP contribution in [0, 0.1) is 0 Å². The van der Waals surface area contributed by atoms with E-state index in [-0.39, 0.29) is 5.60 Å². The zero-order valence-corrected chi connectivity index (χ0v) is 10.3. The topological polar surface area (TPSA) is 55.4 Å². The Morgan fingerprint density at radius 3 is 2.38 bits per heavy atom. The van der Waals surface area contributed by atoms with Crippen molar-refractivity contribution >= 4 is 11.8 Å². The van der Waals surface area contributed by atoms with Crippen molar-refractivity contribution in [2.45, 2.75) is 33.3 Å². The van der Waals surface area contributed by atoms with Crippen LogP contribution in [0.25, 0.3) is 0 Å². The average molecular weight is 225 g/mol. The summed E-state index contributed by atoms with van der Waals surface area (Å²) in [6.45, 7) is 11.1. The largest absolute Gasteiger partial charge is 0.372 e. The lowest BCUT2D eigenvalue weighted by atomic mass is 10.2. The molecule has 0 aromatic carbocycles. The summed E-state index contributed by atoms with van der Waals surface area (Å²) < 4.78 is 5.36. The van der Waals surface area contributed by atoms with E-state index in [0.29, 0.717) is 12.2 Å². The van der Waals surface area contributed by atoms with Gasteiger partial charge in [-0.15, -0.1) is 0 Å². The Bertz CT molecular complexity index is 311. The molecule has 0 bridgehead atoms. The second kappa shape index (κ2) is 6.23. The van der Waals surface area contributed by atoms with E-state index in [1.54, 1.807) is 6.08 Å². The second-order valence-corrected chi connectivity index (χ2v) is 4.42. The molecule has 0 aromatic rings. The Balaban J connectivity index is 3.93. The van der Waals surface area contributed by atoms with Crippen LogP contribution in [0.1, 0.15) is 27.7 Å². The van der Waals surface area contributed by atoms with Crippen LogP contribution < -0.4 is 5.32 Å². The normalized spacial score (nSPS) is 11.5. The van der Waals surface area contributed by atoms with E-state index >= 15 is 0 Å². The minimum atomic E-state index is -0.467. The van der Waals surface area contributed by atoms with Crippen LogP contribution in [0.4, 0.5) is 0 Å². The monoisotopic (exact) mass is 225 g/mol. The summed E-state index contributed by atoms with van der Waals surface area (Å²) in [4.78, 5) is 22.2. The smallest absolute Gasteiger partial charge is 0.253 e. The first-order valence-corrected chi connectivity index (χ1v) is 5.03. The lowest BCUT2D eigenvalue weighted by Crippen LogP contribution is -2.29. The first kappa shape index (κ1) is 14.6. The third kappa shape index (κ3) is 7.94.